The summed E-state index contributed by atoms with van der Waals surface area (Å²) in [6.07, 6.45) is 0. The van der Waals surface area contributed by atoms with Crippen LogP contribution in [0.25, 0.3) is 0 Å². The molecule has 0 radical (unpaired) electrons. The number of aromatic nitrogens is 2. The molecule has 0 aliphatic carbocycles. The van der Waals surface area contributed by atoms with Gasteiger partial charge >= 0.3 is 0 Å². The Morgan fingerprint density at radius 1 is 1.47 bits per heavy atom. The minimum absolute atomic E-state index is 0.143. The highest BCUT2D eigenvalue weighted by molar-refractivity contribution is 7.07. The molecule has 0 spiro atoms. The van der Waals surface area contributed by atoms with Crippen molar-refractivity contribution in [2.24, 2.45) is 0 Å². The van der Waals surface area contributed by atoms with Crippen LogP contribution < -0.4 is 5.32 Å². The van der Waals surface area contributed by atoms with Gasteiger partial charge in [0, 0.05) is 12.1 Å². The lowest BCUT2D eigenvalue weighted by molar-refractivity contribution is 0.0950. The molecule has 0 saturated heterocycles. The molecule has 2 rings (SSSR count). The third kappa shape index (κ3) is 2.85. The van der Waals surface area contributed by atoms with Gasteiger partial charge in [0.2, 0.25) is 5.01 Å². The number of carbonyl (C=O) groups is 1. The molecule has 0 aliphatic rings. The van der Waals surface area contributed by atoms with Gasteiger partial charge in [0.15, 0.2) is 0 Å². The number of nitrogens with one attached hydrogen (secondary N) is 1. The zero-order valence-electron chi connectivity index (χ0n) is 9.11. The number of hydrogen-bond donors (Lipinski definition) is 1. The summed E-state index contributed by atoms with van der Waals surface area (Å²) in [5, 5.41) is 2.89. The molecule has 0 aliphatic heterocycles. The SMILES string of the molecule is Cc1nsc(C(=O)NCc2ccccc2F)n1. The van der Waals surface area contributed by atoms with Gasteiger partial charge < -0.3 is 5.32 Å². The Balaban J connectivity index is 1.99. The second kappa shape index (κ2) is 5.01. The minimum Gasteiger partial charge on any atom is -0.346 e. The maximum atomic E-state index is 13.3. The Morgan fingerprint density at radius 3 is 2.88 bits per heavy atom. The van der Waals surface area contributed by atoms with Crippen LogP contribution in [0, 0.1) is 12.7 Å². The molecule has 17 heavy (non-hydrogen) atoms. The number of benzene rings is 1. The van der Waals surface area contributed by atoms with Crippen LogP contribution in [0.5, 0.6) is 0 Å². The summed E-state index contributed by atoms with van der Waals surface area (Å²) in [7, 11) is 0. The second-order valence-electron chi connectivity index (χ2n) is 3.42. The highest BCUT2D eigenvalue weighted by atomic mass is 32.1. The topological polar surface area (TPSA) is 54.9 Å². The molecular weight excluding hydrogens is 241 g/mol. The van der Waals surface area contributed by atoms with Crippen molar-refractivity contribution >= 4 is 17.4 Å². The van der Waals surface area contributed by atoms with Crippen molar-refractivity contribution in [1.82, 2.24) is 14.7 Å². The van der Waals surface area contributed by atoms with E-state index in [9.17, 15) is 9.18 Å². The molecule has 1 amide bonds. The van der Waals surface area contributed by atoms with Crippen molar-refractivity contribution in [3.8, 4) is 0 Å². The molecule has 0 atom stereocenters. The van der Waals surface area contributed by atoms with Gasteiger partial charge in [-0.2, -0.15) is 4.37 Å². The minimum atomic E-state index is -0.334. The normalized spacial score (nSPS) is 10.2. The van der Waals surface area contributed by atoms with Crippen LogP contribution in [0.2, 0.25) is 0 Å². The molecule has 6 heteroatoms. The average molecular weight is 251 g/mol. The van der Waals surface area contributed by atoms with Crippen molar-refractivity contribution in [1.29, 1.82) is 0 Å². The molecule has 0 unspecified atom stereocenters. The van der Waals surface area contributed by atoms with E-state index in [4.69, 9.17) is 0 Å². The Morgan fingerprint density at radius 2 is 2.24 bits per heavy atom. The number of nitrogens with zero attached hydrogens (tertiary/aromatic N) is 2. The molecule has 0 saturated carbocycles. The Bertz CT molecular complexity index is 541. The fourth-order valence-electron chi connectivity index (χ4n) is 1.28. The highest BCUT2D eigenvalue weighted by Crippen LogP contribution is 2.07. The molecule has 0 fully saturated rings. The van der Waals surface area contributed by atoms with Crippen LogP contribution in [0.3, 0.4) is 0 Å². The highest BCUT2D eigenvalue weighted by Gasteiger charge is 2.11. The van der Waals surface area contributed by atoms with Gasteiger partial charge in [0.05, 0.1) is 0 Å². The number of aryl methyl sites for hydroxylation is 1. The van der Waals surface area contributed by atoms with E-state index in [0.29, 0.717) is 16.4 Å². The number of halogens is 1. The lowest BCUT2D eigenvalue weighted by Gasteiger charge is -2.03. The number of carbonyl (C=O) groups excluding carboxylic acids is 1. The molecule has 1 aromatic heterocycles. The van der Waals surface area contributed by atoms with Crippen LogP contribution in [0.4, 0.5) is 4.39 Å². The van der Waals surface area contributed by atoms with Gasteiger partial charge in [-0.1, -0.05) is 18.2 Å². The van der Waals surface area contributed by atoms with Crippen molar-refractivity contribution in [3.05, 3.63) is 46.5 Å². The van der Waals surface area contributed by atoms with Gasteiger partial charge in [0.25, 0.3) is 5.91 Å². The molecule has 1 heterocycles. The van der Waals surface area contributed by atoms with Gasteiger partial charge in [-0.05, 0) is 24.5 Å². The summed E-state index contributed by atoms with van der Waals surface area (Å²) >= 11 is 1.03. The van der Waals surface area contributed by atoms with E-state index >= 15 is 0 Å². The van der Waals surface area contributed by atoms with E-state index < -0.39 is 0 Å². The quantitative estimate of drug-likeness (QED) is 0.906. The van der Waals surface area contributed by atoms with Gasteiger partial charge in [0.1, 0.15) is 11.6 Å². The van der Waals surface area contributed by atoms with Crippen LogP contribution >= 0.6 is 11.5 Å². The first-order chi connectivity index (χ1) is 8.16. The third-order valence-electron chi connectivity index (χ3n) is 2.12. The van der Waals surface area contributed by atoms with E-state index in [-0.39, 0.29) is 18.3 Å². The molecule has 0 bridgehead atoms. The number of rotatable bonds is 3. The van der Waals surface area contributed by atoms with Crippen molar-refractivity contribution in [3.63, 3.8) is 0 Å². The molecule has 88 valence electrons. The predicted molar refractivity (Wildman–Crippen MR) is 62.2 cm³/mol. The smallest absolute Gasteiger partial charge is 0.282 e. The van der Waals surface area contributed by atoms with Crippen LogP contribution in [-0.2, 0) is 6.54 Å². The van der Waals surface area contributed by atoms with Gasteiger partial charge in [-0.15, -0.1) is 0 Å². The summed E-state index contributed by atoms with van der Waals surface area (Å²) in [6.45, 7) is 1.86. The maximum absolute atomic E-state index is 13.3. The van der Waals surface area contributed by atoms with Gasteiger partial charge in [-0.25, -0.2) is 9.37 Å². The van der Waals surface area contributed by atoms with Gasteiger partial charge in [-0.3, -0.25) is 4.79 Å². The summed E-state index contributed by atoms with van der Waals surface area (Å²) in [5.74, 6) is -0.105. The van der Waals surface area contributed by atoms with E-state index in [2.05, 4.69) is 14.7 Å². The standard InChI is InChI=1S/C11H10FN3OS/c1-7-14-11(17-15-7)10(16)13-6-8-4-2-3-5-9(8)12/h2-5H,6H2,1H3,(H,13,16). The fraction of sp³-hybridized carbons (Fsp3) is 0.182. The molecule has 4 nitrogen and oxygen atoms in total. The van der Waals surface area contributed by atoms with Crippen LogP contribution in [-0.4, -0.2) is 15.3 Å². The number of amides is 1. The molecular formula is C11H10FN3OS. The van der Waals surface area contributed by atoms with Crippen molar-refractivity contribution < 1.29 is 9.18 Å². The van der Waals surface area contributed by atoms with Crippen LogP contribution in [0.15, 0.2) is 24.3 Å². The zero-order chi connectivity index (χ0) is 12.3. The van der Waals surface area contributed by atoms with E-state index in [1.165, 1.54) is 6.07 Å². The monoisotopic (exact) mass is 251 g/mol. The van der Waals surface area contributed by atoms with E-state index in [0.717, 1.165) is 11.5 Å². The van der Waals surface area contributed by atoms with Crippen LogP contribution in [0.1, 0.15) is 21.2 Å². The second-order valence-corrected chi connectivity index (χ2v) is 4.17. The first-order valence-electron chi connectivity index (χ1n) is 4.99. The summed E-state index contributed by atoms with van der Waals surface area (Å²) < 4.78 is 17.2. The Kier molecular flexibility index (Phi) is 3.43. The molecule has 2 aromatic rings. The third-order valence-corrected chi connectivity index (χ3v) is 2.92. The predicted octanol–water partition coefficient (Wildman–Crippen LogP) is 1.92. The summed E-state index contributed by atoms with van der Waals surface area (Å²) in [4.78, 5) is 15.6. The lowest BCUT2D eigenvalue weighted by atomic mass is 10.2. The first-order valence-corrected chi connectivity index (χ1v) is 5.76. The summed E-state index contributed by atoms with van der Waals surface area (Å²) in [6, 6.07) is 6.31. The maximum Gasteiger partial charge on any atom is 0.282 e. The Hall–Kier alpha value is -1.82. The first kappa shape index (κ1) is 11.7. The zero-order valence-corrected chi connectivity index (χ0v) is 9.92. The van der Waals surface area contributed by atoms with E-state index in [1.54, 1.807) is 25.1 Å². The molecule has 1 aromatic carbocycles. The largest absolute Gasteiger partial charge is 0.346 e. The average Bonchev–Trinajstić information content (AvgIpc) is 2.74. The fourth-order valence-corrected chi connectivity index (χ4v) is 1.87. The number of hydrogen-bond acceptors (Lipinski definition) is 4. The lowest BCUT2D eigenvalue weighted by Crippen LogP contribution is -2.23. The Labute approximate surface area is 102 Å². The summed E-state index contributed by atoms with van der Waals surface area (Å²) in [5.41, 5.74) is 0.446. The van der Waals surface area contributed by atoms with Crippen molar-refractivity contribution in [2.45, 2.75) is 13.5 Å². The van der Waals surface area contributed by atoms with E-state index in [1.807, 2.05) is 0 Å². The molecule has 1 N–H and O–H groups in total. The van der Waals surface area contributed by atoms with Crippen molar-refractivity contribution in [2.75, 3.05) is 0 Å².